The lowest BCUT2D eigenvalue weighted by Gasteiger charge is -2.27. The number of anilines is 1. The molecule has 8 heteroatoms. The van der Waals surface area contributed by atoms with E-state index >= 15 is 0 Å². The molecule has 0 radical (unpaired) electrons. The number of ether oxygens (including phenoxy) is 1. The third-order valence-electron chi connectivity index (χ3n) is 3.42. The summed E-state index contributed by atoms with van der Waals surface area (Å²) in [6.07, 6.45) is 3.05. The Hall–Kier alpha value is -1.41. The van der Waals surface area contributed by atoms with Crippen molar-refractivity contribution in [3.05, 3.63) is 24.3 Å². The number of halogens is 3. The summed E-state index contributed by atoms with van der Waals surface area (Å²) in [6.45, 7) is 1.17. The Balaban J connectivity index is 1.90. The van der Waals surface area contributed by atoms with Crippen LogP contribution in [-0.4, -0.2) is 42.7 Å². The molecule has 1 heterocycles. The van der Waals surface area contributed by atoms with Crippen LogP contribution in [0.25, 0.3) is 0 Å². The maximum Gasteiger partial charge on any atom is 0.446 e. The maximum absolute atomic E-state index is 12.4. The van der Waals surface area contributed by atoms with Crippen molar-refractivity contribution in [1.82, 2.24) is 4.90 Å². The highest BCUT2D eigenvalue weighted by molar-refractivity contribution is 8.00. The van der Waals surface area contributed by atoms with Gasteiger partial charge >= 0.3 is 11.5 Å². The second-order valence-corrected chi connectivity index (χ2v) is 6.51. The summed E-state index contributed by atoms with van der Waals surface area (Å²) in [4.78, 5) is 13.6. The molecule has 0 saturated carbocycles. The van der Waals surface area contributed by atoms with Crippen molar-refractivity contribution in [2.45, 2.75) is 35.8 Å². The summed E-state index contributed by atoms with van der Waals surface area (Å²) < 4.78 is 42.7. The molecule has 128 valence electrons. The zero-order valence-corrected chi connectivity index (χ0v) is 13.5. The Bertz CT molecular complexity index is 534. The number of benzene rings is 1. The Morgan fingerprint density at radius 1 is 1.43 bits per heavy atom. The minimum atomic E-state index is -4.35. The molecule has 2 amide bonds. The van der Waals surface area contributed by atoms with Crippen LogP contribution in [-0.2, 0) is 4.74 Å². The van der Waals surface area contributed by atoms with Crippen LogP contribution in [0.3, 0.4) is 0 Å². The first-order chi connectivity index (χ1) is 10.8. The van der Waals surface area contributed by atoms with Gasteiger partial charge in [-0.1, -0.05) is 6.07 Å². The van der Waals surface area contributed by atoms with Gasteiger partial charge in [-0.2, -0.15) is 13.2 Å². The molecule has 0 unspecified atom stereocenters. The number of alkyl halides is 3. The molecule has 1 saturated heterocycles. The van der Waals surface area contributed by atoms with Crippen LogP contribution in [0.2, 0.25) is 0 Å². The van der Waals surface area contributed by atoms with Gasteiger partial charge in [0.25, 0.3) is 0 Å². The highest BCUT2D eigenvalue weighted by Crippen LogP contribution is 2.37. The predicted octanol–water partition coefficient (Wildman–Crippen LogP) is 4.33. The molecule has 2 rings (SSSR count). The number of amides is 2. The average molecular weight is 348 g/mol. The van der Waals surface area contributed by atoms with Gasteiger partial charge in [-0.3, -0.25) is 0 Å². The lowest BCUT2D eigenvalue weighted by atomic mass is 10.1. The minimum Gasteiger partial charge on any atom is -0.376 e. The molecule has 1 atom stereocenters. The largest absolute Gasteiger partial charge is 0.446 e. The molecule has 0 aromatic heterocycles. The van der Waals surface area contributed by atoms with Crippen molar-refractivity contribution in [2.24, 2.45) is 0 Å². The quantitative estimate of drug-likeness (QED) is 0.824. The van der Waals surface area contributed by atoms with Gasteiger partial charge < -0.3 is 15.0 Å². The first-order valence-electron chi connectivity index (χ1n) is 7.33. The van der Waals surface area contributed by atoms with Gasteiger partial charge in [-0.25, -0.2) is 4.79 Å². The number of nitrogens with one attached hydrogen (secondary N) is 1. The number of carbonyl (C=O) groups excluding carboxylic acids is 1. The van der Waals surface area contributed by atoms with Crippen molar-refractivity contribution in [3.63, 3.8) is 0 Å². The van der Waals surface area contributed by atoms with Gasteiger partial charge in [0.2, 0.25) is 0 Å². The van der Waals surface area contributed by atoms with E-state index in [1.165, 1.54) is 23.1 Å². The average Bonchev–Trinajstić information content (AvgIpc) is 2.46. The third-order valence-corrected chi connectivity index (χ3v) is 4.14. The van der Waals surface area contributed by atoms with Crippen molar-refractivity contribution < 1.29 is 22.7 Å². The molecule has 1 fully saturated rings. The number of rotatable bonds is 4. The van der Waals surface area contributed by atoms with Gasteiger partial charge in [0.05, 0.1) is 6.10 Å². The summed E-state index contributed by atoms with van der Waals surface area (Å²) in [7, 11) is 1.64. The second-order valence-electron chi connectivity index (χ2n) is 5.37. The van der Waals surface area contributed by atoms with Crippen molar-refractivity contribution >= 4 is 23.5 Å². The summed E-state index contributed by atoms with van der Waals surface area (Å²) >= 11 is -0.206. The molecule has 4 nitrogen and oxygen atoms in total. The van der Waals surface area contributed by atoms with Crippen LogP contribution in [0.4, 0.5) is 23.7 Å². The standard InChI is InChI=1S/C15H19F3N2O2S/c1-20(10-12-6-2-3-8-22-12)14(21)19-11-5-4-7-13(9-11)23-15(16,17)18/h4-5,7,9,12H,2-3,6,8,10H2,1H3,(H,19,21)/t12-/m1/s1. The number of urea groups is 1. The summed E-state index contributed by atoms with van der Waals surface area (Å²) in [5.74, 6) is 0. The number of carbonyl (C=O) groups is 1. The molecule has 1 N–H and O–H groups in total. The van der Waals surface area contributed by atoms with E-state index in [0.29, 0.717) is 18.8 Å². The van der Waals surface area contributed by atoms with E-state index in [2.05, 4.69) is 5.32 Å². The van der Waals surface area contributed by atoms with Crippen LogP contribution in [0.5, 0.6) is 0 Å². The Morgan fingerprint density at radius 2 is 2.22 bits per heavy atom. The zero-order chi connectivity index (χ0) is 16.9. The van der Waals surface area contributed by atoms with E-state index in [1.54, 1.807) is 13.1 Å². The Kier molecular flexibility index (Phi) is 6.17. The van der Waals surface area contributed by atoms with E-state index in [0.717, 1.165) is 19.3 Å². The maximum atomic E-state index is 12.4. The van der Waals surface area contributed by atoms with Gasteiger partial charge in [-0.15, -0.1) is 0 Å². The van der Waals surface area contributed by atoms with E-state index in [1.807, 2.05) is 0 Å². The summed E-state index contributed by atoms with van der Waals surface area (Å²) in [5, 5.41) is 2.61. The van der Waals surface area contributed by atoms with Crippen LogP contribution in [0.1, 0.15) is 19.3 Å². The molecule has 0 aliphatic carbocycles. The molecule has 1 aromatic carbocycles. The van der Waals surface area contributed by atoms with Crippen LogP contribution in [0, 0.1) is 0 Å². The Morgan fingerprint density at radius 3 is 2.87 bits per heavy atom. The molecule has 1 aromatic rings. The molecule has 0 spiro atoms. The second kappa shape index (κ2) is 7.92. The SMILES string of the molecule is CN(C[C@H]1CCCCO1)C(=O)Nc1cccc(SC(F)(F)F)c1. The normalized spacial score (nSPS) is 18.5. The van der Waals surface area contributed by atoms with Crippen LogP contribution >= 0.6 is 11.8 Å². The monoisotopic (exact) mass is 348 g/mol. The highest BCUT2D eigenvalue weighted by Gasteiger charge is 2.29. The van der Waals surface area contributed by atoms with Gasteiger partial charge in [0.1, 0.15) is 0 Å². The highest BCUT2D eigenvalue weighted by atomic mass is 32.2. The molecular formula is C15H19F3N2O2S. The lowest BCUT2D eigenvalue weighted by molar-refractivity contribution is -0.0328. The number of hydrogen-bond acceptors (Lipinski definition) is 3. The van der Waals surface area contributed by atoms with Crippen LogP contribution in [0.15, 0.2) is 29.2 Å². The van der Waals surface area contributed by atoms with Crippen molar-refractivity contribution in [1.29, 1.82) is 0 Å². The van der Waals surface area contributed by atoms with E-state index in [4.69, 9.17) is 4.74 Å². The topological polar surface area (TPSA) is 41.6 Å². The molecular weight excluding hydrogens is 329 g/mol. The fourth-order valence-electron chi connectivity index (χ4n) is 2.33. The molecule has 1 aliphatic heterocycles. The Labute approximate surface area is 137 Å². The fourth-order valence-corrected chi connectivity index (χ4v) is 2.93. The first-order valence-corrected chi connectivity index (χ1v) is 8.15. The molecule has 23 heavy (non-hydrogen) atoms. The number of hydrogen-bond donors (Lipinski definition) is 1. The summed E-state index contributed by atoms with van der Waals surface area (Å²) in [5.41, 5.74) is -4.02. The third kappa shape index (κ3) is 6.31. The smallest absolute Gasteiger partial charge is 0.376 e. The first kappa shape index (κ1) is 17.9. The minimum absolute atomic E-state index is 0.0200. The summed E-state index contributed by atoms with van der Waals surface area (Å²) in [6, 6.07) is 5.33. The van der Waals surface area contributed by atoms with E-state index < -0.39 is 5.51 Å². The number of nitrogens with zero attached hydrogens (tertiary/aromatic N) is 1. The van der Waals surface area contributed by atoms with Crippen molar-refractivity contribution in [3.8, 4) is 0 Å². The number of likely N-dealkylation sites (N-methyl/N-ethyl adjacent to an activating group) is 1. The van der Waals surface area contributed by atoms with Crippen LogP contribution < -0.4 is 5.32 Å². The van der Waals surface area contributed by atoms with Gasteiger partial charge in [0.15, 0.2) is 0 Å². The predicted molar refractivity (Wildman–Crippen MR) is 83.6 cm³/mol. The van der Waals surface area contributed by atoms with E-state index in [-0.39, 0.29) is 28.8 Å². The number of thioether (sulfide) groups is 1. The van der Waals surface area contributed by atoms with E-state index in [9.17, 15) is 18.0 Å². The fraction of sp³-hybridized carbons (Fsp3) is 0.533. The molecule has 0 bridgehead atoms. The van der Waals surface area contributed by atoms with Crippen molar-refractivity contribution in [2.75, 3.05) is 25.5 Å². The van der Waals surface area contributed by atoms with Gasteiger partial charge in [0, 0.05) is 30.8 Å². The lowest BCUT2D eigenvalue weighted by Crippen LogP contribution is -2.39. The zero-order valence-electron chi connectivity index (χ0n) is 12.7. The molecule has 1 aliphatic rings. The van der Waals surface area contributed by atoms with Gasteiger partial charge in [-0.05, 0) is 49.2 Å².